The zero-order valence-electron chi connectivity index (χ0n) is 18.7. The summed E-state index contributed by atoms with van der Waals surface area (Å²) in [6.45, 7) is 4.96. The second-order valence-corrected chi connectivity index (χ2v) is 11.2. The lowest BCUT2D eigenvalue weighted by Gasteiger charge is -2.38. The summed E-state index contributed by atoms with van der Waals surface area (Å²) in [5.74, 6) is -0.503. The Labute approximate surface area is 197 Å². The molecule has 8 heteroatoms. The molecule has 3 heterocycles. The lowest BCUT2D eigenvalue weighted by molar-refractivity contribution is -0.139. The molecule has 0 aliphatic carbocycles. The highest BCUT2D eigenvalue weighted by Crippen LogP contribution is 2.56. The predicted octanol–water partition coefficient (Wildman–Crippen LogP) is 3.62. The fraction of sp³-hybridized carbons (Fsp3) is 0.400. The van der Waals surface area contributed by atoms with E-state index in [0.717, 1.165) is 12.0 Å². The zero-order chi connectivity index (χ0) is 23.3. The van der Waals surface area contributed by atoms with Gasteiger partial charge in [-0.2, -0.15) is 0 Å². The van der Waals surface area contributed by atoms with Crippen LogP contribution in [-0.2, 0) is 9.59 Å². The standard InChI is InChI=1S/C25H27N3O4S/c1-25(2)20(28-22(31)18-7-3-4-8-19(18)24(28)33-25)23(32)27-13-5-6-15(14-27)21(30)26-16-9-11-17(29)12-10-16/h3-4,7-12,15,20,24,29H,5-6,13-14H2,1-2H3,(H,26,30)/t15-,20+,24+/m0/s1. The molecule has 0 spiro atoms. The van der Waals surface area contributed by atoms with E-state index in [9.17, 15) is 19.5 Å². The normalized spacial score (nSPS) is 25.5. The van der Waals surface area contributed by atoms with Crippen molar-refractivity contribution in [2.45, 2.75) is 42.9 Å². The van der Waals surface area contributed by atoms with Crippen LogP contribution in [0, 0.1) is 5.92 Å². The van der Waals surface area contributed by atoms with Crippen molar-refractivity contribution >= 4 is 35.2 Å². The number of carbonyl (C=O) groups excluding carboxylic acids is 3. The molecular weight excluding hydrogens is 438 g/mol. The first kappa shape index (κ1) is 21.8. The smallest absolute Gasteiger partial charge is 0.256 e. The van der Waals surface area contributed by atoms with Gasteiger partial charge in [-0.25, -0.2) is 0 Å². The highest BCUT2D eigenvalue weighted by Gasteiger charge is 2.58. The summed E-state index contributed by atoms with van der Waals surface area (Å²) < 4.78 is -0.438. The summed E-state index contributed by atoms with van der Waals surface area (Å²) in [4.78, 5) is 43.4. The van der Waals surface area contributed by atoms with Gasteiger partial charge in [0.1, 0.15) is 17.2 Å². The first-order valence-corrected chi connectivity index (χ1v) is 12.1. The van der Waals surface area contributed by atoms with Crippen LogP contribution in [0.3, 0.4) is 0 Å². The number of nitrogens with zero attached hydrogens (tertiary/aromatic N) is 2. The number of anilines is 1. The predicted molar refractivity (Wildman–Crippen MR) is 127 cm³/mol. The average Bonchev–Trinajstić information content (AvgIpc) is 3.24. The molecule has 0 unspecified atom stereocenters. The zero-order valence-corrected chi connectivity index (χ0v) is 19.5. The third-order valence-electron chi connectivity index (χ3n) is 6.77. The van der Waals surface area contributed by atoms with Crippen LogP contribution < -0.4 is 5.32 Å². The van der Waals surface area contributed by atoms with E-state index in [0.29, 0.717) is 30.8 Å². The summed E-state index contributed by atoms with van der Waals surface area (Å²) in [6.07, 6.45) is 1.44. The number of likely N-dealkylation sites (tertiary alicyclic amines) is 1. The number of fused-ring (bicyclic) bond motifs is 3. The van der Waals surface area contributed by atoms with E-state index in [4.69, 9.17) is 0 Å². The third-order valence-corrected chi connectivity index (χ3v) is 8.30. The van der Waals surface area contributed by atoms with Crippen molar-refractivity contribution in [3.8, 4) is 5.75 Å². The summed E-state index contributed by atoms with van der Waals surface area (Å²) >= 11 is 1.65. The number of amides is 3. The highest BCUT2D eigenvalue weighted by atomic mass is 32.2. The van der Waals surface area contributed by atoms with Gasteiger partial charge >= 0.3 is 0 Å². The van der Waals surface area contributed by atoms with E-state index >= 15 is 0 Å². The number of hydrogen-bond donors (Lipinski definition) is 2. The van der Waals surface area contributed by atoms with Crippen molar-refractivity contribution in [1.29, 1.82) is 0 Å². The topological polar surface area (TPSA) is 90.0 Å². The Kier molecular flexibility index (Phi) is 5.35. The third kappa shape index (κ3) is 3.76. The molecule has 0 bridgehead atoms. The minimum atomic E-state index is -0.577. The van der Waals surface area contributed by atoms with Gasteiger partial charge in [-0.3, -0.25) is 14.4 Å². The van der Waals surface area contributed by atoms with Gasteiger partial charge in [0.05, 0.1) is 5.92 Å². The van der Waals surface area contributed by atoms with Gasteiger partial charge in [-0.1, -0.05) is 18.2 Å². The van der Waals surface area contributed by atoms with Gasteiger partial charge in [0.25, 0.3) is 5.91 Å². The van der Waals surface area contributed by atoms with Crippen LogP contribution in [0.15, 0.2) is 48.5 Å². The van der Waals surface area contributed by atoms with Crippen molar-refractivity contribution in [3.05, 3.63) is 59.7 Å². The molecule has 3 atom stereocenters. The molecule has 3 amide bonds. The molecule has 5 rings (SSSR count). The Hall–Kier alpha value is -3.00. The maximum atomic E-state index is 13.8. The van der Waals surface area contributed by atoms with Crippen LogP contribution in [0.4, 0.5) is 5.69 Å². The van der Waals surface area contributed by atoms with Crippen molar-refractivity contribution < 1.29 is 19.5 Å². The molecule has 3 aliphatic heterocycles. The second-order valence-electron chi connectivity index (χ2n) is 9.44. The molecule has 2 aromatic carbocycles. The van der Waals surface area contributed by atoms with E-state index in [-0.39, 0.29) is 34.8 Å². The van der Waals surface area contributed by atoms with E-state index in [2.05, 4.69) is 5.32 Å². The Morgan fingerprint density at radius 3 is 2.61 bits per heavy atom. The number of rotatable bonds is 3. The summed E-state index contributed by atoms with van der Waals surface area (Å²) in [5.41, 5.74) is 2.26. The highest BCUT2D eigenvalue weighted by molar-refractivity contribution is 8.01. The van der Waals surface area contributed by atoms with Crippen LogP contribution in [0.25, 0.3) is 0 Å². The summed E-state index contributed by atoms with van der Waals surface area (Å²) in [5, 5.41) is 12.2. The number of thioether (sulfide) groups is 1. The molecule has 3 aliphatic rings. The largest absolute Gasteiger partial charge is 0.508 e. The summed E-state index contributed by atoms with van der Waals surface area (Å²) in [6, 6.07) is 13.3. The number of benzene rings is 2. The van der Waals surface area contributed by atoms with Crippen molar-refractivity contribution in [3.63, 3.8) is 0 Å². The molecule has 0 aromatic heterocycles. The maximum absolute atomic E-state index is 13.8. The number of phenols is 1. The average molecular weight is 466 g/mol. The second kappa shape index (κ2) is 8.09. The fourth-order valence-corrected chi connectivity index (χ4v) is 6.71. The van der Waals surface area contributed by atoms with Gasteiger partial charge in [0, 0.05) is 29.1 Å². The molecule has 2 fully saturated rings. The number of phenolic OH excluding ortho intramolecular Hbond substituents is 1. The lowest BCUT2D eigenvalue weighted by atomic mass is 9.94. The number of hydrogen-bond acceptors (Lipinski definition) is 5. The van der Waals surface area contributed by atoms with Crippen LogP contribution in [0.1, 0.15) is 48.0 Å². The number of aromatic hydroxyl groups is 1. The van der Waals surface area contributed by atoms with Crippen LogP contribution in [-0.4, -0.2) is 56.5 Å². The number of nitrogens with one attached hydrogen (secondary N) is 1. The monoisotopic (exact) mass is 465 g/mol. The summed E-state index contributed by atoms with van der Waals surface area (Å²) in [7, 11) is 0. The van der Waals surface area contributed by atoms with Gasteiger partial charge in [-0.05, 0) is 62.6 Å². The first-order valence-electron chi connectivity index (χ1n) is 11.2. The van der Waals surface area contributed by atoms with Crippen LogP contribution in [0.2, 0.25) is 0 Å². The molecule has 33 heavy (non-hydrogen) atoms. The molecular formula is C25H27N3O4S. The van der Waals surface area contributed by atoms with E-state index in [1.807, 2.05) is 38.1 Å². The van der Waals surface area contributed by atoms with Gasteiger partial charge in [0.15, 0.2) is 0 Å². The Bertz CT molecular complexity index is 1120. The minimum Gasteiger partial charge on any atom is -0.508 e. The minimum absolute atomic E-state index is 0.0849. The Morgan fingerprint density at radius 1 is 1.12 bits per heavy atom. The fourth-order valence-electron chi connectivity index (χ4n) is 5.13. The molecule has 0 saturated carbocycles. The van der Waals surface area contributed by atoms with Crippen molar-refractivity contribution in [2.24, 2.45) is 5.92 Å². The molecule has 0 radical (unpaired) electrons. The molecule has 2 N–H and O–H groups in total. The SMILES string of the molecule is CC1(C)S[C@@H]2c3ccccc3C(=O)N2[C@@H]1C(=O)N1CCC[C@H](C(=O)Nc2ccc(O)cc2)C1. The molecule has 172 valence electrons. The van der Waals surface area contributed by atoms with Crippen molar-refractivity contribution in [1.82, 2.24) is 9.80 Å². The molecule has 2 aromatic rings. The van der Waals surface area contributed by atoms with Crippen LogP contribution in [0.5, 0.6) is 5.75 Å². The van der Waals surface area contributed by atoms with Crippen LogP contribution >= 0.6 is 11.8 Å². The van der Waals surface area contributed by atoms with Gasteiger partial charge < -0.3 is 20.2 Å². The van der Waals surface area contributed by atoms with Crippen molar-refractivity contribution in [2.75, 3.05) is 18.4 Å². The Balaban J connectivity index is 1.33. The quantitative estimate of drug-likeness (QED) is 0.676. The first-order chi connectivity index (χ1) is 15.8. The van der Waals surface area contributed by atoms with E-state index in [1.54, 1.807) is 33.7 Å². The Morgan fingerprint density at radius 2 is 1.85 bits per heavy atom. The van der Waals surface area contributed by atoms with E-state index < -0.39 is 10.8 Å². The maximum Gasteiger partial charge on any atom is 0.256 e. The van der Waals surface area contributed by atoms with Gasteiger partial charge in [-0.15, -0.1) is 11.8 Å². The van der Waals surface area contributed by atoms with Gasteiger partial charge in [0.2, 0.25) is 11.8 Å². The molecule has 2 saturated heterocycles. The number of piperidine rings is 1. The number of carbonyl (C=O) groups is 3. The molecule has 7 nitrogen and oxygen atoms in total. The lowest BCUT2D eigenvalue weighted by Crippen LogP contribution is -2.56. The van der Waals surface area contributed by atoms with E-state index in [1.165, 1.54) is 12.1 Å².